The average molecular weight is 388 g/mol. The number of anilines is 1. The van der Waals surface area contributed by atoms with Crippen molar-refractivity contribution in [1.82, 2.24) is 0 Å². The molecule has 2 fully saturated rings. The number of rotatable bonds is 4. The van der Waals surface area contributed by atoms with E-state index in [0.29, 0.717) is 6.42 Å². The number of halogens is 2. The summed E-state index contributed by atoms with van der Waals surface area (Å²) in [5.74, 6) is -2.02. The molecule has 5 nitrogen and oxygen atoms in total. The third kappa shape index (κ3) is 3.87. The number of amides is 1. The maximum absolute atomic E-state index is 14.3. The van der Waals surface area contributed by atoms with Gasteiger partial charge in [-0.15, -0.1) is 0 Å². The molecule has 0 saturated carbocycles. The zero-order valence-corrected chi connectivity index (χ0v) is 15.2. The van der Waals surface area contributed by atoms with Crippen molar-refractivity contribution in [2.75, 3.05) is 16.4 Å². The minimum atomic E-state index is -3.23. The van der Waals surface area contributed by atoms with Crippen LogP contribution in [0.25, 0.3) is 0 Å². The number of carbonyl (C=O) groups excluding carboxylic acids is 1. The van der Waals surface area contributed by atoms with E-state index in [0.717, 1.165) is 18.6 Å². The number of hydrogen-bond acceptors (Lipinski definition) is 4. The van der Waals surface area contributed by atoms with Gasteiger partial charge < -0.3 is 4.90 Å². The lowest BCUT2D eigenvalue weighted by atomic mass is 10.2. The van der Waals surface area contributed by atoms with Crippen LogP contribution >= 0.6 is 11.8 Å². The highest BCUT2D eigenvalue weighted by molar-refractivity contribution is 8.16. The van der Waals surface area contributed by atoms with E-state index in [1.54, 1.807) is 0 Å². The van der Waals surface area contributed by atoms with E-state index in [-0.39, 0.29) is 39.9 Å². The van der Waals surface area contributed by atoms with Crippen LogP contribution < -0.4 is 4.90 Å². The van der Waals surface area contributed by atoms with Gasteiger partial charge in [-0.05, 0) is 18.6 Å². The minimum absolute atomic E-state index is 0.0379. The highest BCUT2D eigenvalue weighted by atomic mass is 32.2. The van der Waals surface area contributed by atoms with Gasteiger partial charge in [0.05, 0.1) is 23.2 Å². The van der Waals surface area contributed by atoms with E-state index >= 15 is 0 Å². The quantitative estimate of drug-likeness (QED) is 0.794. The maximum atomic E-state index is 14.3. The fourth-order valence-electron chi connectivity index (χ4n) is 3.01. The fourth-order valence-corrected chi connectivity index (χ4v) is 6.94. The van der Waals surface area contributed by atoms with Crippen LogP contribution in [0.2, 0.25) is 0 Å². The third-order valence-corrected chi connectivity index (χ3v) is 7.41. The Balaban J connectivity index is 1.98. The Labute approximate surface area is 149 Å². The number of amidine groups is 1. The van der Waals surface area contributed by atoms with Crippen molar-refractivity contribution in [3.05, 3.63) is 29.8 Å². The Bertz CT molecular complexity index is 827. The maximum Gasteiger partial charge on any atom is 0.248 e. The lowest BCUT2D eigenvalue weighted by molar-refractivity contribution is -0.117. The highest BCUT2D eigenvalue weighted by Gasteiger charge is 2.49. The molecule has 1 aromatic carbocycles. The summed E-state index contributed by atoms with van der Waals surface area (Å²) >= 11 is 1.18. The van der Waals surface area contributed by atoms with Crippen LogP contribution in [0, 0.1) is 11.6 Å². The molecule has 1 aromatic rings. The van der Waals surface area contributed by atoms with E-state index in [2.05, 4.69) is 4.99 Å². The number of unbranched alkanes of at least 4 members (excludes halogenated alkanes) is 1. The number of hydrogen-bond donors (Lipinski definition) is 0. The van der Waals surface area contributed by atoms with Crippen molar-refractivity contribution in [3.8, 4) is 0 Å². The fraction of sp³-hybridized carbons (Fsp3) is 0.500. The number of aliphatic imine (C=N–C) groups is 1. The number of nitrogens with zero attached hydrogens (tertiary/aromatic N) is 2. The Kier molecular flexibility index (Phi) is 5.15. The SMILES string of the molecule is CCCCC(=O)N=C1S[C@@H]2CS(=O)(=O)C[C@@H]2N1c1ccc(F)cc1F. The second-order valence-electron chi connectivity index (χ2n) is 6.16. The number of thioether (sulfide) groups is 1. The molecule has 25 heavy (non-hydrogen) atoms. The molecule has 0 N–H and O–H groups in total. The van der Waals surface area contributed by atoms with Gasteiger partial charge in [0.15, 0.2) is 15.0 Å². The first-order valence-electron chi connectivity index (χ1n) is 8.03. The van der Waals surface area contributed by atoms with Gasteiger partial charge in [-0.3, -0.25) is 4.79 Å². The minimum Gasteiger partial charge on any atom is -0.313 e. The van der Waals surface area contributed by atoms with Gasteiger partial charge in [0.2, 0.25) is 5.91 Å². The summed E-state index contributed by atoms with van der Waals surface area (Å²) in [4.78, 5) is 17.5. The third-order valence-electron chi connectivity index (χ3n) is 4.20. The molecule has 9 heteroatoms. The van der Waals surface area contributed by atoms with Crippen molar-refractivity contribution < 1.29 is 22.0 Å². The lowest BCUT2D eigenvalue weighted by Gasteiger charge is -2.24. The summed E-state index contributed by atoms with van der Waals surface area (Å²) in [6.07, 6.45) is 1.84. The van der Waals surface area contributed by atoms with Gasteiger partial charge in [0.25, 0.3) is 0 Å². The van der Waals surface area contributed by atoms with E-state index in [4.69, 9.17) is 0 Å². The van der Waals surface area contributed by atoms with E-state index in [1.807, 2.05) is 6.92 Å². The van der Waals surface area contributed by atoms with Crippen molar-refractivity contribution in [2.45, 2.75) is 37.5 Å². The first kappa shape index (κ1) is 18.3. The highest BCUT2D eigenvalue weighted by Crippen LogP contribution is 2.41. The van der Waals surface area contributed by atoms with Crippen LogP contribution in [-0.4, -0.2) is 42.3 Å². The number of benzene rings is 1. The van der Waals surface area contributed by atoms with Crippen LogP contribution in [-0.2, 0) is 14.6 Å². The molecule has 2 aliphatic heterocycles. The van der Waals surface area contributed by atoms with Crippen molar-refractivity contribution in [3.63, 3.8) is 0 Å². The molecule has 0 radical (unpaired) electrons. The normalized spacial score (nSPS) is 26.2. The van der Waals surface area contributed by atoms with Gasteiger partial charge in [-0.25, -0.2) is 17.2 Å². The molecule has 0 spiro atoms. The van der Waals surface area contributed by atoms with Crippen LogP contribution in [0.5, 0.6) is 0 Å². The molecule has 0 unspecified atom stereocenters. The van der Waals surface area contributed by atoms with Gasteiger partial charge in [-0.2, -0.15) is 4.99 Å². The Hall–Kier alpha value is -1.48. The van der Waals surface area contributed by atoms with E-state index in [1.165, 1.54) is 22.7 Å². The smallest absolute Gasteiger partial charge is 0.248 e. The lowest BCUT2D eigenvalue weighted by Crippen LogP contribution is -2.38. The Morgan fingerprint density at radius 2 is 2.12 bits per heavy atom. The predicted octanol–water partition coefficient (Wildman–Crippen LogP) is 2.76. The zero-order valence-electron chi connectivity index (χ0n) is 13.6. The summed E-state index contributed by atoms with van der Waals surface area (Å²) in [5.41, 5.74) is 0.0422. The molecule has 3 rings (SSSR count). The standard InChI is InChI=1S/C16H18F2N2O3S2/c1-2-3-4-15(21)19-16-20(12-6-5-10(17)7-11(12)18)13-8-25(22,23)9-14(13)24-16/h5-7,13-14H,2-4,8-9H2,1H3/t13-,14+/m0/s1. The Morgan fingerprint density at radius 3 is 2.80 bits per heavy atom. The van der Waals surface area contributed by atoms with E-state index in [9.17, 15) is 22.0 Å². The van der Waals surface area contributed by atoms with Gasteiger partial charge >= 0.3 is 0 Å². The van der Waals surface area contributed by atoms with Crippen LogP contribution in [0.15, 0.2) is 23.2 Å². The van der Waals surface area contributed by atoms with Gasteiger partial charge in [-0.1, -0.05) is 25.1 Å². The topological polar surface area (TPSA) is 66.8 Å². The summed E-state index contributed by atoms with van der Waals surface area (Å²) in [6, 6.07) is 2.60. The second-order valence-corrected chi connectivity index (χ2v) is 9.52. The predicted molar refractivity (Wildman–Crippen MR) is 94.6 cm³/mol. The molecule has 2 aliphatic rings. The second kappa shape index (κ2) is 7.03. The molecule has 2 heterocycles. The number of fused-ring (bicyclic) bond motifs is 1. The molecule has 136 valence electrons. The van der Waals surface area contributed by atoms with Crippen LogP contribution in [0.3, 0.4) is 0 Å². The van der Waals surface area contributed by atoms with Gasteiger partial charge in [0, 0.05) is 17.7 Å². The van der Waals surface area contributed by atoms with Crippen molar-refractivity contribution in [2.24, 2.45) is 4.99 Å². The molecular formula is C16H18F2N2O3S2. The molecule has 2 atom stereocenters. The monoisotopic (exact) mass is 388 g/mol. The number of carbonyl (C=O) groups is 1. The molecule has 0 aromatic heterocycles. The first-order valence-corrected chi connectivity index (χ1v) is 10.7. The summed E-state index contributed by atoms with van der Waals surface area (Å²) < 4.78 is 51.4. The number of sulfone groups is 1. The molecular weight excluding hydrogens is 370 g/mol. The molecule has 2 saturated heterocycles. The molecule has 1 amide bonds. The molecule has 0 aliphatic carbocycles. The summed E-state index contributed by atoms with van der Waals surface area (Å²) in [6.45, 7) is 1.96. The van der Waals surface area contributed by atoms with Crippen molar-refractivity contribution >= 4 is 38.4 Å². The first-order chi connectivity index (χ1) is 11.8. The van der Waals surface area contributed by atoms with Crippen LogP contribution in [0.1, 0.15) is 26.2 Å². The summed E-state index contributed by atoms with van der Waals surface area (Å²) in [5, 5.41) is -0.0244. The van der Waals surface area contributed by atoms with E-state index < -0.39 is 27.5 Å². The van der Waals surface area contributed by atoms with Gasteiger partial charge in [0.1, 0.15) is 11.6 Å². The summed E-state index contributed by atoms with van der Waals surface area (Å²) in [7, 11) is -3.23. The van der Waals surface area contributed by atoms with Crippen molar-refractivity contribution in [1.29, 1.82) is 0 Å². The Morgan fingerprint density at radius 1 is 1.36 bits per heavy atom. The van der Waals surface area contributed by atoms with Crippen LogP contribution in [0.4, 0.5) is 14.5 Å². The molecule has 0 bridgehead atoms. The largest absolute Gasteiger partial charge is 0.313 e. The average Bonchev–Trinajstić information content (AvgIpc) is 2.97. The zero-order chi connectivity index (χ0) is 18.2.